The third-order valence-corrected chi connectivity index (χ3v) is 3.65. The molecule has 1 saturated carbocycles. The van der Waals surface area contributed by atoms with E-state index in [1.54, 1.807) is 0 Å². The second kappa shape index (κ2) is 2.17. The Morgan fingerprint density at radius 1 is 1.44 bits per heavy atom. The van der Waals surface area contributed by atoms with Crippen molar-refractivity contribution < 1.29 is 0 Å². The van der Waals surface area contributed by atoms with Gasteiger partial charge >= 0.3 is 0 Å². The molecule has 3 unspecified atom stereocenters. The van der Waals surface area contributed by atoms with E-state index in [0.717, 1.165) is 11.8 Å². The molecule has 3 atom stereocenters. The van der Waals surface area contributed by atoms with Crippen molar-refractivity contribution in [1.29, 1.82) is 0 Å². The van der Waals surface area contributed by atoms with Crippen molar-refractivity contribution in [3.63, 3.8) is 0 Å². The maximum absolute atomic E-state index is 5.74. The number of thioether (sulfide) groups is 1. The van der Waals surface area contributed by atoms with E-state index in [4.69, 9.17) is 5.73 Å². The van der Waals surface area contributed by atoms with Gasteiger partial charge in [0, 0.05) is 6.04 Å². The van der Waals surface area contributed by atoms with E-state index in [0.29, 0.717) is 6.04 Å². The SMILES string of the molecule is NC1CC1C1CCSC1. The molecule has 0 aromatic heterocycles. The lowest BCUT2D eigenvalue weighted by Gasteiger charge is -2.03. The van der Waals surface area contributed by atoms with Gasteiger partial charge in [-0.2, -0.15) is 11.8 Å². The highest BCUT2D eigenvalue weighted by Crippen LogP contribution is 2.42. The summed E-state index contributed by atoms with van der Waals surface area (Å²) in [5.74, 6) is 4.68. The minimum absolute atomic E-state index is 0.577. The fourth-order valence-corrected chi connectivity index (χ4v) is 3.02. The molecule has 0 spiro atoms. The standard InChI is InChI=1S/C7H13NS/c8-7-3-6(7)5-1-2-9-4-5/h5-7H,1-4,8H2. The molecular formula is C7H13NS. The monoisotopic (exact) mass is 143 g/mol. The van der Waals surface area contributed by atoms with Crippen molar-refractivity contribution in [2.75, 3.05) is 11.5 Å². The Labute approximate surface area is 60.4 Å². The molecule has 2 fully saturated rings. The Kier molecular flexibility index (Phi) is 1.46. The number of hydrogen-bond donors (Lipinski definition) is 1. The highest BCUT2D eigenvalue weighted by Gasteiger charge is 2.40. The van der Waals surface area contributed by atoms with Gasteiger partial charge in [-0.15, -0.1) is 0 Å². The fraction of sp³-hybridized carbons (Fsp3) is 1.00. The lowest BCUT2D eigenvalue weighted by atomic mass is 10.0. The summed E-state index contributed by atoms with van der Waals surface area (Å²) in [5, 5.41) is 0. The van der Waals surface area contributed by atoms with Crippen LogP contribution in [-0.4, -0.2) is 17.5 Å². The van der Waals surface area contributed by atoms with E-state index >= 15 is 0 Å². The van der Waals surface area contributed by atoms with Gasteiger partial charge in [0.15, 0.2) is 0 Å². The zero-order chi connectivity index (χ0) is 6.27. The molecule has 1 saturated heterocycles. The molecule has 0 amide bonds. The van der Waals surface area contributed by atoms with Gasteiger partial charge < -0.3 is 5.73 Å². The van der Waals surface area contributed by atoms with Crippen molar-refractivity contribution in [3.8, 4) is 0 Å². The van der Waals surface area contributed by atoms with E-state index in [1.807, 2.05) is 0 Å². The number of hydrogen-bond acceptors (Lipinski definition) is 2. The topological polar surface area (TPSA) is 26.0 Å². The summed E-state index contributed by atoms with van der Waals surface area (Å²) < 4.78 is 0. The average molecular weight is 143 g/mol. The predicted molar refractivity (Wildman–Crippen MR) is 41.5 cm³/mol. The molecule has 2 heteroatoms. The Morgan fingerprint density at radius 2 is 2.22 bits per heavy atom. The lowest BCUT2D eigenvalue weighted by molar-refractivity contribution is 0.510. The molecule has 1 aliphatic carbocycles. The fourth-order valence-electron chi connectivity index (χ4n) is 1.67. The van der Waals surface area contributed by atoms with Crippen molar-refractivity contribution in [1.82, 2.24) is 0 Å². The van der Waals surface area contributed by atoms with Gasteiger partial charge in [-0.05, 0) is 36.2 Å². The van der Waals surface area contributed by atoms with Crippen LogP contribution in [0.5, 0.6) is 0 Å². The van der Waals surface area contributed by atoms with Crippen LogP contribution in [0, 0.1) is 11.8 Å². The zero-order valence-electron chi connectivity index (χ0n) is 5.55. The molecule has 0 bridgehead atoms. The predicted octanol–water partition coefficient (Wildman–Crippen LogP) is 1.09. The normalized spacial score (nSPS) is 49.7. The van der Waals surface area contributed by atoms with Crippen molar-refractivity contribution in [3.05, 3.63) is 0 Å². The summed E-state index contributed by atoms with van der Waals surface area (Å²) in [7, 11) is 0. The maximum Gasteiger partial charge on any atom is 0.00740 e. The Bertz CT molecular complexity index is 109. The molecule has 2 aliphatic rings. The van der Waals surface area contributed by atoms with Gasteiger partial charge in [0.25, 0.3) is 0 Å². The molecule has 2 rings (SSSR count). The molecule has 1 nitrogen and oxygen atoms in total. The summed E-state index contributed by atoms with van der Waals surface area (Å²) >= 11 is 2.10. The first-order valence-corrected chi connectivity index (χ1v) is 4.87. The Hall–Kier alpha value is 0.310. The first-order chi connectivity index (χ1) is 4.38. The average Bonchev–Trinajstić information content (AvgIpc) is 2.44. The third kappa shape index (κ3) is 1.10. The van der Waals surface area contributed by atoms with Crippen molar-refractivity contribution in [2.45, 2.75) is 18.9 Å². The molecule has 9 heavy (non-hydrogen) atoms. The minimum atomic E-state index is 0.577. The van der Waals surface area contributed by atoms with Crippen LogP contribution in [0.1, 0.15) is 12.8 Å². The van der Waals surface area contributed by atoms with E-state index in [2.05, 4.69) is 11.8 Å². The summed E-state index contributed by atoms with van der Waals surface area (Å²) in [6.07, 6.45) is 2.74. The molecule has 52 valence electrons. The molecule has 0 aromatic rings. The van der Waals surface area contributed by atoms with Crippen LogP contribution in [0.4, 0.5) is 0 Å². The quantitative estimate of drug-likeness (QED) is 0.594. The van der Waals surface area contributed by atoms with Crippen molar-refractivity contribution >= 4 is 11.8 Å². The first kappa shape index (κ1) is 6.05. The zero-order valence-corrected chi connectivity index (χ0v) is 6.36. The second-order valence-electron chi connectivity index (χ2n) is 3.19. The van der Waals surface area contributed by atoms with Gasteiger partial charge in [-0.1, -0.05) is 0 Å². The van der Waals surface area contributed by atoms with Crippen LogP contribution in [-0.2, 0) is 0 Å². The maximum atomic E-state index is 5.74. The van der Waals surface area contributed by atoms with Crippen LogP contribution >= 0.6 is 11.8 Å². The van der Waals surface area contributed by atoms with Crippen LogP contribution in [0.15, 0.2) is 0 Å². The van der Waals surface area contributed by atoms with Gasteiger partial charge in [0.05, 0.1) is 0 Å². The highest BCUT2D eigenvalue weighted by molar-refractivity contribution is 7.99. The lowest BCUT2D eigenvalue weighted by Crippen LogP contribution is -2.09. The third-order valence-electron chi connectivity index (χ3n) is 2.46. The summed E-state index contributed by atoms with van der Waals surface area (Å²) in [6, 6.07) is 0.577. The van der Waals surface area contributed by atoms with E-state index in [1.165, 1.54) is 24.3 Å². The van der Waals surface area contributed by atoms with Gasteiger partial charge in [-0.3, -0.25) is 0 Å². The Balaban J connectivity index is 1.85. The smallest absolute Gasteiger partial charge is 0.00740 e. The summed E-state index contributed by atoms with van der Waals surface area (Å²) in [5.41, 5.74) is 5.74. The van der Waals surface area contributed by atoms with Crippen LogP contribution in [0.2, 0.25) is 0 Å². The molecule has 1 aliphatic heterocycles. The molecule has 0 aromatic carbocycles. The highest BCUT2D eigenvalue weighted by atomic mass is 32.2. The van der Waals surface area contributed by atoms with E-state index < -0.39 is 0 Å². The van der Waals surface area contributed by atoms with Crippen LogP contribution in [0.3, 0.4) is 0 Å². The van der Waals surface area contributed by atoms with Gasteiger partial charge in [0.2, 0.25) is 0 Å². The van der Waals surface area contributed by atoms with Gasteiger partial charge in [0.1, 0.15) is 0 Å². The van der Waals surface area contributed by atoms with E-state index in [9.17, 15) is 0 Å². The molecule has 2 N–H and O–H groups in total. The first-order valence-electron chi connectivity index (χ1n) is 3.71. The van der Waals surface area contributed by atoms with Crippen LogP contribution in [0.25, 0.3) is 0 Å². The van der Waals surface area contributed by atoms with Gasteiger partial charge in [-0.25, -0.2) is 0 Å². The van der Waals surface area contributed by atoms with Crippen LogP contribution < -0.4 is 5.73 Å². The summed E-state index contributed by atoms with van der Waals surface area (Å²) in [4.78, 5) is 0. The number of rotatable bonds is 1. The largest absolute Gasteiger partial charge is 0.327 e. The Morgan fingerprint density at radius 3 is 2.67 bits per heavy atom. The second-order valence-corrected chi connectivity index (χ2v) is 4.34. The molecular weight excluding hydrogens is 130 g/mol. The molecule has 0 radical (unpaired) electrons. The number of nitrogens with two attached hydrogens (primary N) is 1. The van der Waals surface area contributed by atoms with E-state index in [-0.39, 0.29) is 0 Å². The molecule has 1 heterocycles. The minimum Gasteiger partial charge on any atom is -0.327 e. The summed E-state index contributed by atoms with van der Waals surface area (Å²) in [6.45, 7) is 0. The van der Waals surface area contributed by atoms with Crippen molar-refractivity contribution in [2.24, 2.45) is 17.6 Å².